The van der Waals surface area contributed by atoms with Crippen molar-refractivity contribution in [2.75, 3.05) is 12.3 Å². The Labute approximate surface area is 176 Å². The zero-order chi connectivity index (χ0) is 20.8. The zero-order valence-electron chi connectivity index (χ0n) is 17.3. The quantitative estimate of drug-likeness (QED) is 0.561. The summed E-state index contributed by atoms with van der Waals surface area (Å²) < 4.78 is 2.03. The number of amides is 1. The van der Waals surface area contributed by atoms with Gasteiger partial charge in [0, 0.05) is 24.5 Å². The highest BCUT2D eigenvalue weighted by molar-refractivity contribution is 7.99. The third-order valence-corrected chi connectivity index (χ3v) is 5.32. The predicted molar refractivity (Wildman–Crippen MR) is 117 cm³/mol. The van der Waals surface area contributed by atoms with Crippen molar-refractivity contribution < 1.29 is 4.79 Å². The fourth-order valence-corrected chi connectivity index (χ4v) is 3.72. The van der Waals surface area contributed by atoms with Crippen LogP contribution in [0.4, 0.5) is 0 Å². The van der Waals surface area contributed by atoms with Gasteiger partial charge in [0.2, 0.25) is 5.91 Å². The van der Waals surface area contributed by atoms with Gasteiger partial charge in [0.05, 0.1) is 11.4 Å². The van der Waals surface area contributed by atoms with Crippen molar-refractivity contribution in [3.8, 4) is 17.1 Å². The van der Waals surface area contributed by atoms with Crippen LogP contribution < -0.4 is 5.32 Å². The molecule has 0 radical (unpaired) electrons. The summed E-state index contributed by atoms with van der Waals surface area (Å²) in [4.78, 5) is 16.4. The van der Waals surface area contributed by atoms with Gasteiger partial charge in [-0.25, -0.2) is 0 Å². The number of para-hydroxylation sites is 1. The van der Waals surface area contributed by atoms with Gasteiger partial charge in [0.1, 0.15) is 0 Å². The smallest absolute Gasteiger partial charge is 0.230 e. The van der Waals surface area contributed by atoms with Crippen molar-refractivity contribution in [3.63, 3.8) is 0 Å². The topological polar surface area (TPSA) is 72.7 Å². The highest BCUT2D eigenvalue weighted by Gasteiger charge is 2.20. The van der Waals surface area contributed by atoms with E-state index in [2.05, 4.69) is 60.3 Å². The van der Waals surface area contributed by atoms with Crippen LogP contribution in [0.1, 0.15) is 39.2 Å². The number of nitrogens with one attached hydrogen (secondary N) is 1. The van der Waals surface area contributed by atoms with Gasteiger partial charge in [-0.05, 0) is 35.6 Å². The molecule has 3 aromatic rings. The minimum absolute atomic E-state index is 0.00155. The molecule has 0 unspecified atom stereocenters. The highest BCUT2D eigenvalue weighted by Crippen LogP contribution is 2.31. The van der Waals surface area contributed by atoms with Crippen LogP contribution in [0, 0.1) is 5.92 Å². The number of carbonyl (C=O) groups excluding carboxylic acids is 1. The van der Waals surface area contributed by atoms with Crippen LogP contribution in [0.3, 0.4) is 0 Å². The minimum Gasteiger partial charge on any atom is -0.355 e. The Bertz CT molecular complexity index is 953. The molecule has 0 aliphatic rings. The molecule has 6 nitrogen and oxygen atoms in total. The number of rotatable bonds is 8. The zero-order valence-corrected chi connectivity index (χ0v) is 18.1. The third-order valence-electron chi connectivity index (χ3n) is 4.39. The lowest BCUT2D eigenvalue weighted by Gasteiger charge is -2.17. The molecule has 1 N–H and O–H groups in total. The lowest BCUT2D eigenvalue weighted by atomic mass is 10.0. The molecule has 7 heteroatoms. The second-order valence-electron chi connectivity index (χ2n) is 7.58. The van der Waals surface area contributed by atoms with E-state index < -0.39 is 0 Å². The molecule has 0 saturated heterocycles. The Balaban J connectivity index is 1.98. The summed E-state index contributed by atoms with van der Waals surface area (Å²) >= 11 is 1.39. The first kappa shape index (κ1) is 21.0. The highest BCUT2D eigenvalue weighted by atomic mass is 32.2. The van der Waals surface area contributed by atoms with Crippen LogP contribution in [0.5, 0.6) is 0 Å². The van der Waals surface area contributed by atoms with E-state index in [4.69, 9.17) is 0 Å². The number of carbonyl (C=O) groups is 1. The van der Waals surface area contributed by atoms with Crippen molar-refractivity contribution >= 4 is 17.7 Å². The second-order valence-corrected chi connectivity index (χ2v) is 8.53. The molecular weight excluding hydrogens is 382 g/mol. The molecule has 2 aromatic heterocycles. The fraction of sp³-hybridized carbons (Fsp3) is 0.364. The van der Waals surface area contributed by atoms with E-state index in [0.717, 1.165) is 17.1 Å². The van der Waals surface area contributed by atoms with Crippen LogP contribution in [0.2, 0.25) is 0 Å². The number of benzene rings is 1. The monoisotopic (exact) mass is 409 g/mol. The molecule has 0 spiro atoms. The Hall–Kier alpha value is -2.67. The average molecular weight is 410 g/mol. The molecule has 0 atom stereocenters. The summed E-state index contributed by atoms with van der Waals surface area (Å²) in [6.45, 7) is 9.15. The molecule has 1 amide bonds. The summed E-state index contributed by atoms with van der Waals surface area (Å²) in [6, 6.07) is 12.1. The van der Waals surface area contributed by atoms with Crippen LogP contribution in [0.15, 0.2) is 53.9 Å². The molecule has 3 rings (SSSR count). The summed E-state index contributed by atoms with van der Waals surface area (Å²) in [7, 11) is 0. The third kappa shape index (κ3) is 5.23. The van der Waals surface area contributed by atoms with Crippen molar-refractivity contribution in [1.29, 1.82) is 0 Å². The normalized spacial score (nSPS) is 11.2. The predicted octanol–water partition coefficient (Wildman–Crippen LogP) is 4.32. The van der Waals surface area contributed by atoms with E-state index in [9.17, 15) is 4.79 Å². The number of thioether (sulfide) groups is 1. The molecule has 0 aliphatic heterocycles. The molecule has 29 heavy (non-hydrogen) atoms. The van der Waals surface area contributed by atoms with Gasteiger partial charge >= 0.3 is 0 Å². The molecule has 0 saturated carbocycles. The van der Waals surface area contributed by atoms with Crippen LogP contribution in [0.25, 0.3) is 17.1 Å². The van der Waals surface area contributed by atoms with Gasteiger partial charge in [0.15, 0.2) is 11.0 Å². The van der Waals surface area contributed by atoms with E-state index in [1.807, 2.05) is 28.8 Å². The van der Waals surface area contributed by atoms with Gasteiger partial charge in [-0.2, -0.15) is 0 Å². The van der Waals surface area contributed by atoms with Crippen LogP contribution in [-0.4, -0.2) is 38.0 Å². The Morgan fingerprint density at radius 1 is 1.10 bits per heavy atom. The number of aromatic nitrogens is 4. The number of pyridine rings is 1. The Kier molecular flexibility index (Phi) is 7.04. The summed E-state index contributed by atoms with van der Waals surface area (Å²) in [5.41, 5.74) is 3.11. The summed E-state index contributed by atoms with van der Waals surface area (Å²) in [5, 5.41) is 12.5. The van der Waals surface area contributed by atoms with Crippen LogP contribution >= 0.6 is 11.8 Å². The first-order valence-corrected chi connectivity index (χ1v) is 10.8. The first-order valence-electron chi connectivity index (χ1n) is 9.82. The van der Waals surface area contributed by atoms with Gasteiger partial charge in [-0.3, -0.25) is 14.3 Å². The fourth-order valence-electron chi connectivity index (χ4n) is 2.94. The van der Waals surface area contributed by atoms with E-state index in [1.54, 1.807) is 12.4 Å². The van der Waals surface area contributed by atoms with Crippen molar-refractivity contribution in [3.05, 3.63) is 54.4 Å². The SMILES string of the molecule is CC(C)CNC(=O)CSc1nnc(-c2cccnc2)n1-c1ccccc1C(C)C. The molecule has 1 aromatic carbocycles. The van der Waals surface area contributed by atoms with E-state index >= 15 is 0 Å². The summed E-state index contributed by atoms with van der Waals surface area (Å²) in [5.74, 6) is 1.77. The standard InChI is InChI=1S/C22H27N5OS/c1-15(2)12-24-20(28)14-29-22-26-25-21(17-8-7-11-23-13-17)27(22)19-10-6-5-9-18(19)16(3)4/h5-11,13,15-16H,12,14H2,1-4H3,(H,24,28). The maximum absolute atomic E-state index is 12.2. The number of hydrogen-bond acceptors (Lipinski definition) is 5. The van der Waals surface area contributed by atoms with Gasteiger partial charge in [-0.1, -0.05) is 57.7 Å². The van der Waals surface area contributed by atoms with Crippen molar-refractivity contribution in [1.82, 2.24) is 25.1 Å². The van der Waals surface area contributed by atoms with Crippen molar-refractivity contribution in [2.45, 2.75) is 38.8 Å². The molecular formula is C22H27N5OS. The number of hydrogen-bond donors (Lipinski definition) is 1. The van der Waals surface area contributed by atoms with E-state index in [-0.39, 0.29) is 5.91 Å². The molecule has 0 fully saturated rings. The first-order chi connectivity index (χ1) is 14.0. The molecule has 0 aliphatic carbocycles. The van der Waals surface area contributed by atoms with E-state index in [1.165, 1.54) is 17.3 Å². The largest absolute Gasteiger partial charge is 0.355 e. The van der Waals surface area contributed by atoms with Gasteiger partial charge in [-0.15, -0.1) is 10.2 Å². The molecule has 152 valence electrons. The Morgan fingerprint density at radius 2 is 1.90 bits per heavy atom. The maximum Gasteiger partial charge on any atom is 0.230 e. The maximum atomic E-state index is 12.2. The van der Waals surface area contributed by atoms with Gasteiger partial charge in [0.25, 0.3) is 0 Å². The van der Waals surface area contributed by atoms with Crippen LogP contribution in [-0.2, 0) is 4.79 Å². The second kappa shape index (κ2) is 9.69. The summed E-state index contributed by atoms with van der Waals surface area (Å²) in [6.07, 6.45) is 3.52. The Morgan fingerprint density at radius 3 is 2.59 bits per heavy atom. The minimum atomic E-state index is -0.00155. The van der Waals surface area contributed by atoms with Crippen molar-refractivity contribution in [2.24, 2.45) is 5.92 Å². The van der Waals surface area contributed by atoms with E-state index in [0.29, 0.717) is 29.3 Å². The number of nitrogens with zero attached hydrogens (tertiary/aromatic N) is 4. The lowest BCUT2D eigenvalue weighted by molar-refractivity contribution is -0.118. The molecule has 2 heterocycles. The average Bonchev–Trinajstić information content (AvgIpc) is 3.15. The molecule has 0 bridgehead atoms. The lowest BCUT2D eigenvalue weighted by Crippen LogP contribution is -2.28. The van der Waals surface area contributed by atoms with Gasteiger partial charge < -0.3 is 5.32 Å².